The van der Waals surface area contributed by atoms with Gasteiger partial charge >= 0.3 is 6.03 Å². The summed E-state index contributed by atoms with van der Waals surface area (Å²) < 4.78 is 12.1. The van der Waals surface area contributed by atoms with Gasteiger partial charge in [0.05, 0.1) is 25.0 Å². The van der Waals surface area contributed by atoms with Crippen molar-refractivity contribution in [1.29, 1.82) is 0 Å². The van der Waals surface area contributed by atoms with E-state index in [0.29, 0.717) is 37.2 Å². The molecule has 23 heavy (non-hydrogen) atoms. The third-order valence-electron chi connectivity index (χ3n) is 2.98. The van der Waals surface area contributed by atoms with Crippen molar-refractivity contribution in [2.45, 2.75) is 20.0 Å². The summed E-state index contributed by atoms with van der Waals surface area (Å²) in [4.78, 5) is 15.9. The number of nitrogens with one attached hydrogen (secondary N) is 2. The number of nitrogens with zero attached hydrogens (tertiary/aromatic N) is 4. The van der Waals surface area contributed by atoms with E-state index < -0.39 is 0 Å². The number of urea groups is 1. The largest absolute Gasteiger partial charge is 0.475 e. The molecule has 2 rings (SSSR count). The highest BCUT2D eigenvalue weighted by molar-refractivity contribution is 5.88. The van der Waals surface area contributed by atoms with E-state index in [1.165, 1.54) is 6.20 Å². The van der Waals surface area contributed by atoms with Crippen LogP contribution in [0.3, 0.4) is 0 Å². The van der Waals surface area contributed by atoms with E-state index in [4.69, 9.17) is 9.47 Å². The lowest BCUT2D eigenvalue weighted by Crippen LogP contribution is -2.29. The molecule has 0 aliphatic carbocycles. The molecule has 2 N–H and O–H groups in total. The summed E-state index contributed by atoms with van der Waals surface area (Å²) in [7, 11) is 1.60. The second-order valence-electron chi connectivity index (χ2n) is 4.57. The van der Waals surface area contributed by atoms with Crippen molar-refractivity contribution < 1.29 is 14.3 Å². The smallest absolute Gasteiger partial charge is 0.319 e. The Kier molecular flexibility index (Phi) is 6.30. The Morgan fingerprint density at radius 2 is 2.22 bits per heavy atom. The Balaban J connectivity index is 1.78. The Morgan fingerprint density at radius 1 is 1.35 bits per heavy atom. The first kappa shape index (κ1) is 16.7. The lowest BCUT2D eigenvalue weighted by molar-refractivity contribution is 0.144. The fourth-order valence-electron chi connectivity index (χ4n) is 1.78. The van der Waals surface area contributed by atoms with Crippen molar-refractivity contribution in [2.75, 3.05) is 25.6 Å². The topological polar surface area (TPSA) is 103 Å². The van der Waals surface area contributed by atoms with Gasteiger partial charge in [-0.15, -0.1) is 10.2 Å². The van der Waals surface area contributed by atoms with E-state index in [-0.39, 0.29) is 6.03 Å². The highest BCUT2D eigenvalue weighted by Gasteiger charge is 2.06. The summed E-state index contributed by atoms with van der Waals surface area (Å²) in [5.74, 6) is 1.17. The number of carbonyl (C=O) groups excluding carboxylic acids is 1. The lowest BCUT2D eigenvalue weighted by atomic mass is 10.4. The van der Waals surface area contributed by atoms with Crippen LogP contribution in [0.25, 0.3) is 0 Å². The van der Waals surface area contributed by atoms with Crippen molar-refractivity contribution >= 4 is 11.7 Å². The van der Waals surface area contributed by atoms with E-state index >= 15 is 0 Å². The van der Waals surface area contributed by atoms with Crippen molar-refractivity contribution in [3.63, 3.8) is 0 Å². The van der Waals surface area contributed by atoms with Crippen molar-refractivity contribution in [3.05, 3.63) is 30.5 Å². The number of pyridine rings is 1. The Hall–Kier alpha value is -2.68. The normalized spacial score (nSPS) is 10.3. The summed E-state index contributed by atoms with van der Waals surface area (Å²) in [6.45, 7) is 3.95. The zero-order valence-corrected chi connectivity index (χ0v) is 13.2. The van der Waals surface area contributed by atoms with Crippen LogP contribution in [0.15, 0.2) is 24.7 Å². The maximum atomic E-state index is 11.8. The maximum absolute atomic E-state index is 11.8. The first-order chi connectivity index (χ1) is 11.2. The number of amides is 2. The molecule has 2 aromatic heterocycles. The number of hydrogen-bond acceptors (Lipinski definition) is 6. The molecule has 9 heteroatoms. The summed E-state index contributed by atoms with van der Waals surface area (Å²) in [5.41, 5.74) is 0.568. The maximum Gasteiger partial charge on any atom is 0.319 e. The summed E-state index contributed by atoms with van der Waals surface area (Å²) in [5, 5.41) is 13.2. The highest BCUT2D eigenvalue weighted by Crippen LogP contribution is 2.11. The predicted octanol–water partition coefficient (Wildman–Crippen LogP) is 1.04. The van der Waals surface area contributed by atoms with Crippen LogP contribution in [0.4, 0.5) is 10.5 Å². The number of anilines is 1. The number of aromatic nitrogens is 4. The minimum atomic E-state index is -0.342. The fraction of sp³-hybridized carbons (Fsp3) is 0.429. The van der Waals surface area contributed by atoms with Crippen molar-refractivity contribution in [3.8, 4) is 5.88 Å². The molecule has 2 aromatic rings. The molecule has 0 fully saturated rings. The van der Waals surface area contributed by atoms with Gasteiger partial charge in [0.2, 0.25) is 5.88 Å². The molecule has 0 aliphatic heterocycles. The van der Waals surface area contributed by atoms with Crippen LogP contribution in [0.5, 0.6) is 5.88 Å². The molecule has 0 aliphatic rings. The molecule has 9 nitrogen and oxygen atoms in total. The van der Waals surface area contributed by atoms with E-state index in [0.717, 1.165) is 6.54 Å². The summed E-state index contributed by atoms with van der Waals surface area (Å²) in [6.07, 6.45) is 3.15. The second kappa shape index (κ2) is 8.69. The number of methoxy groups -OCH3 is 1. The van der Waals surface area contributed by atoms with Gasteiger partial charge in [-0.1, -0.05) is 0 Å². The first-order valence-electron chi connectivity index (χ1n) is 7.22. The van der Waals surface area contributed by atoms with Crippen molar-refractivity contribution in [2.24, 2.45) is 0 Å². The zero-order valence-electron chi connectivity index (χ0n) is 13.2. The van der Waals surface area contributed by atoms with E-state index in [1.54, 1.807) is 25.6 Å². The van der Waals surface area contributed by atoms with E-state index in [2.05, 4.69) is 25.8 Å². The van der Waals surface area contributed by atoms with Gasteiger partial charge in [-0.05, 0) is 13.0 Å². The molecule has 0 aromatic carbocycles. The Bertz CT molecular complexity index is 613. The quantitative estimate of drug-likeness (QED) is 0.704. The number of carbonyl (C=O) groups is 1. The van der Waals surface area contributed by atoms with Crippen LogP contribution < -0.4 is 15.4 Å². The average Bonchev–Trinajstić information content (AvgIpc) is 3.02. The van der Waals surface area contributed by atoms with Gasteiger partial charge < -0.3 is 24.7 Å². The second-order valence-corrected chi connectivity index (χ2v) is 4.57. The molecule has 2 heterocycles. The minimum absolute atomic E-state index is 0.297. The van der Waals surface area contributed by atoms with Crippen LogP contribution in [0, 0.1) is 0 Å². The Labute approximate surface area is 134 Å². The molecule has 0 bridgehead atoms. The molecule has 0 saturated carbocycles. The average molecular weight is 320 g/mol. The number of rotatable bonds is 8. The van der Waals surface area contributed by atoms with Gasteiger partial charge in [0.25, 0.3) is 0 Å². The molecule has 0 unspecified atom stereocenters. The van der Waals surface area contributed by atoms with Crippen LogP contribution in [-0.2, 0) is 17.8 Å². The first-order valence-corrected chi connectivity index (χ1v) is 7.22. The third-order valence-corrected chi connectivity index (χ3v) is 2.98. The predicted molar refractivity (Wildman–Crippen MR) is 83.2 cm³/mol. The fourth-order valence-corrected chi connectivity index (χ4v) is 1.78. The molecule has 2 amide bonds. The van der Waals surface area contributed by atoms with Gasteiger partial charge in [0.15, 0.2) is 5.82 Å². The van der Waals surface area contributed by atoms with Crippen molar-refractivity contribution in [1.82, 2.24) is 25.1 Å². The molecule has 0 spiro atoms. The van der Waals surface area contributed by atoms with Gasteiger partial charge in [-0.2, -0.15) is 0 Å². The van der Waals surface area contributed by atoms with E-state index in [9.17, 15) is 4.79 Å². The third kappa shape index (κ3) is 5.22. The standard InChI is InChI=1S/C14H20N6O3/c1-3-20-10-17-19-12(20)9-16-14(21)18-11-4-5-13(15-8-11)23-7-6-22-2/h4-5,8,10H,3,6-7,9H2,1-2H3,(H2,16,18,21). The van der Waals surface area contributed by atoms with Gasteiger partial charge in [-0.3, -0.25) is 0 Å². The van der Waals surface area contributed by atoms with Crippen LogP contribution in [-0.4, -0.2) is 46.1 Å². The molecular weight excluding hydrogens is 300 g/mol. The van der Waals surface area contributed by atoms with Crippen LogP contribution in [0.1, 0.15) is 12.7 Å². The lowest BCUT2D eigenvalue weighted by Gasteiger charge is -2.09. The minimum Gasteiger partial charge on any atom is -0.475 e. The van der Waals surface area contributed by atoms with E-state index in [1.807, 2.05) is 11.5 Å². The number of hydrogen-bond donors (Lipinski definition) is 2. The molecule has 0 atom stereocenters. The molecule has 124 valence electrons. The van der Waals surface area contributed by atoms with Gasteiger partial charge in [0.1, 0.15) is 12.9 Å². The monoisotopic (exact) mass is 320 g/mol. The summed E-state index contributed by atoms with van der Waals surface area (Å²) in [6, 6.07) is 3.05. The summed E-state index contributed by atoms with van der Waals surface area (Å²) >= 11 is 0. The van der Waals surface area contributed by atoms with Crippen LogP contribution in [0.2, 0.25) is 0 Å². The number of ether oxygens (including phenoxy) is 2. The number of aryl methyl sites for hydroxylation is 1. The van der Waals surface area contributed by atoms with Crippen LogP contribution >= 0.6 is 0 Å². The Morgan fingerprint density at radius 3 is 2.91 bits per heavy atom. The van der Waals surface area contributed by atoms with Gasteiger partial charge in [-0.25, -0.2) is 9.78 Å². The zero-order chi connectivity index (χ0) is 16.5. The molecule has 0 saturated heterocycles. The molecule has 0 radical (unpaired) electrons. The highest BCUT2D eigenvalue weighted by atomic mass is 16.5. The SMILES string of the molecule is CCn1cnnc1CNC(=O)Nc1ccc(OCCOC)nc1. The van der Waals surface area contributed by atoms with Gasteiger partial charge in [0, 0.05) is 19.7 Å². The molecular formula is C14H20N6O3.